The summed E-state index contributed by atoms with van der Waals surface area (Å²) < 4.78 is 20.9. The minimum absolute atomic E-state index is 0.226. The van der Waals surface area contributed by atoms with E-state index in [-0.39, 0.29) is 18.3 Å². The molecular weight excluding hydrogens is 350 g/mol. The zero-order chi connectivity index (χ0) is 18.8. The van der Waals surface area contributed by atoms with Gasteiger partial charge in [0.15, 0.2) is 11.5 Å². The first-order valence-electron chi connectivity index (χ1n) is 8.42. The van der Waals surface area contributed by atoms with Crippen molar-refractivity contribution in [1.82, 2.24) is 5.32 Å². The van der Waals surface area contributed by atoms with E-state index in [0.29, 0.717) is 35.4 Å². The molecule has 0 aliphatic carbocycles. The second-order valence-corrected chi connectivity index (χ2v) is 6.03. The maximum atomic E-state index is 12.6. The van der Waals surface area contributed by atoms with Crippen LogP contribution in [0.2, 0.25) is 0 Å². The third-order valence-electron chi connectivity index (χ3n) is 4.33. The van der Waals surface area contributed by atoms with Gasteiger partial charge in [0.25, 0.3) is 5.91 Å². The Morgan fingerprint density at radius 1 is 1.11 bits per heavy atom. The lowest BCUT2D eigenvalue weighted by molar-refractivity contribution is 0.0955. The van der Waals surface area contributed by atoms with Crippen molar-refractivity contribution in [2.45, 2.75) is 6.42 Å². The molecule has 4 rings (SSSR count). The van der Waals surface area contributed by atoms with E-state index in [9.17, 15) is 9.59 Å². The van der Waals surface area contributed by atoms with Crippen LogP contribution in [0.4, 0.5) is 0 Å². The van der Waals surface area contributed by atoms with Crippen molar-refractivity contribution in [2.75, 3.05) is 20.4 Å². The Labute approximate surface area is 154 Å². The number of fused-ring (bicyclic) bond motifs is 2. The van der Waals surface area contributed by atoms with Gasteiger partial charge in [-0.2, -0.15) is 0 Å². The maximum Gasteiger partial charge on any atom is 0.337 e. The average molecular weight is 367 g/mol. The molecule has 1 aliphatic heterocycles. The molecule has 3 aromatic rings. The molecule has 0 fully saturated rings. The molecule has 0 unspecified atom stereocenters. The molecule has 0 saturated heterocycles. The van der Waals surface area contributed by atoms with E-state index in [1.54, 1.807) is 18.2 Å². The first kappa shape index (κ1) is 17.0. The molecule has 1 amide bonds. The van der Waals surface area contributed by atoms with E-state index < -0.39 is 5.63 Å². The number of hydrogen-bond donors (Lipinski definition) is 1. The van der Waals surface area contributed by atoms with Gasteiger partial charge in [0.05, 0.1) is 12.7 Å². The molecule has 7 heteroatoms. The van der Waals surface area contributed by atoms with Crippen molar-refractivity contribution in [3.05, 3.63) is 64.0 Å². The third-order valence-corrected chi connectivity index (χ3v) is 4.33. The minimum Gasteiger partial charge on any atom is -0.497 e. The Morgan fingerprint density at radius 2 is 1.96 bits per heavy atom. The predicted octanol–water partition coefficient (Wildman–Crippen LogP) is 2.50. The third kappa shape index (κ3) is 3.44. The van der Waals surface area contributed by atoms with Gasteiger partial charge in [-0.3, -0.25) is 4.79 Å². The number of amides is 1. The normalized spacial score (nSPS) is 12.2. The highest BCUT2D eigenvalue weighted by Crippen LogP contribution is 2.32. The fourth-order valence-electron chi connectivity index (χ4n) is 2.97. The van der Waals surface area contributed by atoms with Crippen LogP contribution >= 0.6 is 0 Å². The van der Waals surface area contributed by atoms with Crippen LogP contribution in [0.3, 0.4) is 0 Å². The van der Waals surface area contributed by atoms with E-state index in [2.05, 4.69) is 5.32 Å². The number of ether oxygens (including phenoxy) is 3. The molecule has 0 radical (unpaired) electrons. The highest BCUT2D eigenvalue weighted by molar-refractivity contribution is 6.05. The van der Waals surface area contributed by atoms with Gasteiger partial charge in [-0.1, -0.05) is 6.07 Å². The first-order chi connectivity index (χ1) is 13.1. The second kappa shape index (κ2) is 7.03. The minimum atomic E-state index is -0.586. The van der Waals surface area contributed by atoms with E-state index >= 15 is 0 Å². The summed E-state index contributed by atoms with van der Waals surface area (Å²) in [5, 5.41) is 3.39. The van der Waals surface area contributed by atoms with Crippen LogP contribution in [-0.2, 0) is 6.42 Å². The molecule has 7 nitrogen and oxygen atoms in total. The smallest absolute Gasteiger partial charge is 0.337 e. The number of hydrogen-bond acceptors (Lipinski definition) is 6. The van der Waals surface area contributed by atoms with Gasteiger partial charge < -0.3 is 23.9 Å². The van der Waals surface area contributed by atoms with Crippen molar-refractivity contribution in [1.29, 1.82) is 0 Å². The molecule has 0 saturated carbocycles. The molecule has 2 aromatic carbocycles. The Morgan fingerprint density at radius 3 is 2.81 bits per heavy atom. The van der Waals surface area contributed by atoms with Crippen molar-refractivity contribution < 1.29 is 23.4 Å². The lowest BCUT2D eigenvalue weighted by Crippen LogP contribution is -2.26. The fourth-order valence-corrected chi connectivity index (χ4v) is 2.97. The topological polar surface area (TPSA) is 87.0 Å². The van der Waals surface area contributed by atoms with Gasteiger partial charge >= 0.3 is 5.63 Å². The summed E-state index contributed by atoms with van der Waals surface area (Å²) >= 11 is 0. The van der Waals surface area contributed by atoms with Crippen LogP contribution in [0.15, 0.2) is 51.7 Å². The summed E-state index contributed by atoms with van der Waals surface area (Å²) in [7, 11) is 1.52. The number of rotatable bonds is 5. The van der Waals surface area contributed by atoms with E-state index in [1.807, 2.05) is 18.2 Å². The van der Waals surface area contributed by atoms with Gasteiger partial charge in [-0.05, 0) is 36.2 Å². The van der Waals surface area contributed by atoms with Crippen LogP contribution in [0, 0.1) is 0 Å². The van der Waals surface area contributed by atoms with Crippen LogP contribution in [0.1, 0.15) is 15.9 Å². The Balaban J connectivity index is 1.49. The summed E-state index contributed by atoms with van der Waals surface area (Å²) in [6.45, 7) is 0.639. The van der Waals surface area contributed by atoms with E-state index in [1.165, 1.54) is 13.2 Å². The highest BCUT2D eigenvalue weighted by atomic mass is 16.7. The van der Waals surface area contributed by atoms with Crippen LogP contribution in [0.25, 0.3) is 11.0 Å². The standard InChI is InChI=1S/C20H17NO6/c1-24-13-3-4-14-15(10-19(22)27-17(14)9-13)20(23)21-7-6-12-2-5-16-18(8-12)26-11-25-16/h2-5,8-10H,6-7,11H2,1H3,(H,21,23). The molecule has 0 atom stereocenters. The molecule has 27 heavy (non-hydrogen) atoms. The Hall–Kier alpha value is -3.48. The molecular formula is C20H17NO6. The monoisotopic (exact) mass is 367 g/mol. The van der Waals surface area contributed by atoms with Gasteiger partial charge in [0.1, 0.15) is 11.3 Å². The molecule has 1 N–H and O–H groups in total. The largest absolute Gasteiger partial charge is 0.497 e. The van der Waals surface area contributed by atoms with E-state index in [0.717, 1.165) is 11.3 Å². The van der Waals surface area contributed by atoms with Crippen molar-refractivity contribution >= 4 is 16.9 Å². The second-order valence-electron chi connectivity index (χ2n) is 6.03. The number of carbonyl (C=O) groups excluding carboxylic acids is 1. The molecule has 0 spiro atoms. The molecule has 1 aromatic heterocycles. The Bertz CT molecular complexity index is 1070. The quantitative estimate of drug-likeness (QED) is 0.697. The average Bonchev–Trinajstić information content (AvgIpc) is 3.14. The molecule has 0 bridgehead atoms. The van der Waals surface area contributed by atoms with Crippen LogP contribution < -0.4 is 25.2 Å². The number of methoxy groups -OCH3 is 1. The zero-order valence-corrected chi connectivity index (χ0v) is 14.6. The van der Waals surface area contributed by atoms with Crippen molar-refractivity contribution in [2.24, 2.45) is 0 Å². The number of carbonyl (C=O) groups is 1. The summed E-state index contributed by atoms with van der Waals surface area (Å²) in [6, 6.07) is 11.9. The van der Waals surface area contributed by atoms with Gasteiger partial charge in [0.2, 0.25) is 6.79 Å². The van der Waals surface area contributed by atoms with Gasteiger partial charge in [0, 0.05) is 24.1 Å². The Kier molecular flexibility index (Phi) is 4.42. The molecule has 138 valence electrons. The van der Waals surface area contributed by atoms with Crippen molar-refractivity contribution in [3.63, 3.8) is 0 Å². The fraction of sp³-hybridized carbons (Fsp3) is 0.200. The number of benzene rings is 2. The summed E-state index contributed by atoms with van der Waals surface area (Å²) in [6.07, 6.45) is 0.621. The van der Waals surface area contributed by atoms with Crippen LogP contribution in [-0.4, -0.2) is 26.4 Å². The predicted molar refractivity (Wildman–Crippen MR) is 97.6 cm³/mol. The van der Waals surface area contributed by atoms with Crippen molar-refractivity contribution in [3.8, 4) is 17.2 Å². The van der Waals surface area contributed by atoms with Crippen LogP contribution in [0.5, 0.6) is 17.2 Å². The zero-order valence-electron chi connectivity index (χ0n) is 14.6. The van der Waals surface area contributed by atoms with Gasteiger partial charge in [-0.25, -0.2) is 4.79 Å². The lowest BCUT2D eigenvalue weighted by atomic mass is 10.1. The van der Waals surface area contributed by atoms with Gasteiger partial charge in [-0.15, -0.1) is 0 Å². The molecule has 1 aliphatic rings. The number of nitrogens with one attached hydrogen (secondary N) is 1. The summed E-state index contributed by atoms with van der Waals surface area (Å²) in [5.74, 6) is 1.64. The SMILES string of the molecule is COc1ccc2c(C(=O)NCCc3ccc4c(c3)OCO4)cc(=O)oc2c1. The first-order valence-corrected chi connectivity index (χ1v) is 8.42. The maximum absolute atomic E-state index is 12.6. The summed E-state index contributed by atoms with van der Waals surface area (Å²) in [4.78, 5) is 24.4. The lowest BCUT2D eigenvalue weighted by Gasteiger charge is -2.08. The highest BCUT2D eigenvalue weighted by Gasteiger charge is 2.15. The van der Waals surface area contributed by atoms with E-state index in [4.69, 9.17) is 18.6 Å². The molecule has 2 heterocycles. The summed E-state index contributed by atoms with van der Waals surface area (Å²) in [5.41, 5.74) is 1.01.